The van der Waals surface area contributed by atoms with Crippen LogP contribution in [0.5, 0.6) is 0 Å². The molecule has 0 aliphatic rings. The fraction of sp³-hybridized carbons (Fsp3) is 0.222. The minimum absolute atomic E-state index is 0.297. The molecule has 1 N–H and O–H groups in total. The van der Waals surface area contributed by atoms with Crippen LogP contribution in [0.15, 0.2) is 30.3 Å². The number of carbonyl (C=O) groups is 1. The number of hydrogen-bond acceptors (Lipinski definition) is 1. The van der Waals surface area contributed by atoms with Gasteiger partial charge >= 0.3 is 0 Å². The van der Waals surface area contributed by atoms with Crippen molar-refractivity contribution >= 4 is 52.0 Å². The van der Waals surface area contributed by atoms with Gasteiger partial charge in [0.2, 0.25) is 4.33 Å². The van der Waals surface area contributed by atoms with Crippen LogP contribution in [0.1, 0.15) is 5.56 Å². The van der Waals surface area contributed by atoms with Crippen LogP contribution in [0, 0.1) is 0 Å². The highest BCUT2D eigenvalue weighted by atomic mass is 127. The third kappa shape index (κ3) is 3.29. The summed E-state index contributed by atoms with van der Waals surface area (Å²) in [6, 6.07) is 9.40. The molecule has 1 aromatic rings. The van der Waals surface area contributed by atoms with E-state index in [1.165, 1.54) is 0 Å². The van der Waals surface area contributed by atoms with Crippen molar-refractivity contribution in [2.45, 2.75) is 10.8 Å². The summed E-state index contributed by atoms with van der Waals surface area (Å²) in [5.74, 6) is -0.398. The Balaban J connectivity index is 2.73. The van der Waals surface area contributed by atoms with Crippen LogP contribution in [0.4, 0.5) is 0 Å². The van der Waals surface area contributed by atoms with E-state index < -0.39 is 10.2 Å². The molecular weight excluding hydrogens is 336 g/mol. The van der Waals surface area contributed by atoms with Gasteiger partial charge < -0.3 is 0 Å². The highest BCUT2D eigenvalue weighted by Gasteiger charge is 2.33. The van der Waals surface area contributed by atoms with E-state index in [1.807, 2.05) is 30.3 Å². The molecule has 0 heterocycles. The number of nitrogens with one attached hydrogen (secondary N) is 1. The van der Waals surface area contributed by atoms with E-state index in [2.05, 4.69) is 3.53 Å². The second kappa shape index (κ2) is 5.19. The van der Waals surface area contributed by atoms with Crippen LogP contribution in [-0.2, 0) is 11.2 Å². The van der Waals surface area contributed by atoms with Crippen LogP contribution in [0.3, 0.4) is 0 Å². The first-order valence-electron chi connectivity index (χ1n) is 3.89. The van der Waals surface area contributed by atoms with E-state index in [4.69, 9.17) is 23.2 Å². The average Bonchev–Trinajstić information content (AvgIpc) is 2.17. The quantitative estimate of drug-likeness (QED) is 0.510. The van der Waals surface area contributed by atoms with Gasteiger partial charge in [-0.15, -0.1) is 0 Å². The summed E-state index contributed by atoms with van der Waals surface area (Å²) in [7, 11) is 0. The molecule has 14 heavy (non-hydrogen) atoms. The SMILES string of the molecule is O=C(NI)C(Cl)(Cl)Cc1ccccc1. The molecule has 2 nitrogen and oxygen atoms in total. The first-order valence-corrected chi connectivity index (χ1v) is 5.72. The number of amides is 1. The number of benzene rings is 1. The first kappa shape index (κ1) is 12.1. The highest BCUT2D eigenvalue weighted by Crippen LogP contribution is 2.26. The van der Waals surface area contributed by atoms with Crippen LogP contribution in [0.25, 0.3) is 0 Å². The summed E-state index contributed by atoms with van der Waals surface area (Å²) in [5.41, 5.74) is 0.928. The van der Waals surface area contributed by atoms with Crippen molar-refractivity contribution in [1.29, 1.82) is 0 Å². The third-order valence-corrected chi connectivity index (χ3v) is 2.79. The molecule has 5 heteroatoms. The minimum Gasteiger partial charge on any atom is -0.296 e. The van der Waals surface area contributed by atoms with E-state index in [0.717, 1.165) is 5.56 Å². The Kier molecular flexibility index (Phi) is 4.47. The van der Waals surface area contributed by atoms with Gasteiger partial charge in [0.15, 0.2) is 0 Å². The summed E-state index contributed by atoms with van der Waals surface area (Å²) < 4.78 is 0.992. The Morgan fingerprint density at radius 2 is 1.93 bits per heavy atom. The summed E-state index contributed by atoms with van der Waals surface area (Å²) >= 11 is 13.5. The summed E-state index contributed by atoms with van der Waals surface area (Å²) in [4.78, 5) is 11.3. The zero-order valence-electron chi connectivity index (χ0n) is 7.14. The first-order chi connectivity index (χ1) is 6.56. The topological polar surface area (TPSA) is 29.1 Å². The second-order valence-corrected chi connectivity index (χ2v) is 4.81. The van der Waals surface area contributed by atoms with Gasteiger partial charge in [-0.25, -0.2) is 0 Å². The van der Waals surface area contributed by atoms with E-state index in [1.54, 1.807) is 22.9 Å². The van der Waals surface area contributed by atoms with E-state index in [0.29, 0.717) is 6.42 Å². The predicted molar refractivity (Wildman–Crippen MR) is 66.7 cm³/mol. The summed E-state index contributed by atoms with van der Waals surface area (Å²) in [6.45, 7) is 0. The fourth-order valence-corrected chi connectivity index (χ4v) is 2.18. The maximum Gasteiger partial charge on any atom is 0.265 e. The molecule has 0 bridgehead atoms. The number of carbonyl (C=O) groups excluding carboxylic acids is 1. The van der Waals surface area contributed by atoms with Crippen LogP contribution < -0.4 is 3.53 Å². The maximum atomic E-state index is 11.3. The molecule has 0 aromatic heterocycles. The number of halogens is 3. The smallest absolute Gasteiger partial charge is 0.265 e. The van der Waals surface area contributed by atoms with Gasteiger partial charge in [0.25, 0.3) is 5.91 Å². The van der Waals surface area contributed by atoms with Crippen molar-refractivity contribution in [3.8, 4) is 0 Å². The van der Waals surface area contributed by atoms with E-state index in [9.17, 15) is 4.79 Å². The van der Waals surface area contributed by atoms with Crippen LogP contribution in [0.2, 0.25) is 0 Å². The summed E-state index contributed by atoms with van der Waals surface area (Å²) in [6.07, 6.45) is 0.297. The second-order valence-electron chi connectivity index (χ2n) is 2.79. The fourth-order valence-electron chi connectivity index (χ4n) is 1.00. The third-order valence-electron chi connectivity index (χ3n) is 1.69. The molecule has 0 saturated heterocycles. The van der Waals surface area contributed by atoms with Crippen LogP contribution in [-0.4, -0.2) is 10.2 Å². The molecule has 1 amide bonds. The van der Waals surface area contributed by atoms with E-state index in [-0.39, 0.29) is 0 Å². The zero-order valence-corrected chi connectivity index (χ0v) is 10.8. The van der Waals surface area contributed by atoms with Crippen molar-refractivity contribution in [2.24, 2.45) is 0 Å². The predicted octanol–water partition coefficient (Wildman–Crippen LogP) is 2.87. The molecule has 0 fully saturated rings. The normalized spacial score (nSPS) is 11.1. The van der Waals surface area contributed by atoms with Gasteiger partial charge in [0.05, 0.1) is 22.9 Å². The molecule has 1 rings (SSSR count). The van der Waals surface area contributed by atoms with Crippen molar-refractivity contribution in [3.63, 3.8) is 0 Å². The molecule has 0 radical (unpaired) electrons. The molecular formula is C9H8Cl2INO. The Hall–Kier alpha value is -0.000000000000000111. The average molecular weight is 344 g/mol. The zero-order chi connectivity index (χ0) is 10.6. The molecule has 0 spiro atoms. The molecule has 0 saturated carbocycles. The lowest BCUT2D eigenvalue weighted by molar-refractivity contribution is -0.119. The number of alkyl halides is 2. The lowest BCUT2D eigenvalue weighted by Gasteiger charge is -2.16. The standard InChI is InChI=1S/C9H8Cl2INO/c10-9(11,8(14)13-12)6-7-4-2-1-3-5-7/h1-5H,6H2,(H,13,14). The lowest BCUT2D eigenvalue weighted by Crippen LogP contribution is -2.35. The molecule has 0 atom stereocenters. The van der Waals surface area contributed by atoms with Crippen LogP contribution >= 0.6 is 46.1 Å². The molecule has 0 unspecified atom stereocenters. The molecule has 76 valence electrons. The summed E-state index contributed by atoms with van der Waals surface area (Å²) in [5, 5.41) is 0. The largest absolute Gasteiger partial charge is 0.296 e. The van der Waals surface area contributed by atoms with Gasteiger partial charge in [0.1, 0.15) is 0 Å². The molecule has 1 aromatic carbocycles. The Morgan fingerprint density at radius 1 is 1.36 bits per heavy atom. The Morgan fingerprint density at radius 3 is 2.43 bits per heavy atom. The van der Waals surface area contributed by atoms with Crippen molar-refractivity contribution < 1.29 is 4.79 Å². The highest BCUT2D eigenvalue weighted by molar-refractivity contribution is 14.1. The monoisotopic (exact) mass is 343 g/mol. The Bertz CT molecular complexity index is 316. The number of hydrogen-bond donors (Lipinski definition) is 1. The number of rotatable bonds is 3. The van der Waals surface area contributed by atoms with E-state index >= 15 is 0 Å². The van der Waals surface area contributed by atoms with Gasteiger partial charge in [-0.3, -0.25) is 8.32 Å². The van der Waals surface area contributed by atoms with Gasteiger partial charge in [-0.05, 0) is 5.56 Å². The minimum atomic E-state index is -1.40. The van der Waals surface area contributed by atoms with Crippen molar-refractivity contribution in [1.82, 2.24) is 3.53 Å². The van der Waals surface area contributed by atoms with Crippen molar-refractivity contribution in [3.05, 3.63) is 35.9 Å². The molecule has 0 aliphatic carbocycles. The maximum absolute atomic E-state index is 11.3. The van der Waals surface area contributed by atoms with Gasteiger partial charge in [-0.2, -0.15) is 0 Å². The van der Waals surface area contributed by atoms with Gasteiger partial charge in [0, 0.05) is 6.42 Å². The Labute approximate surface area is 106 Å². The van der Waals surface area contributed by atoms with Crippen molar-refractivity contribution in [2.75, 3.05) is 0 Å². The lowest BCUT2D eigenvalue weighted by atomic mass is 10.1. The molecule has 0 aliphatic heterocycles. The van der Waals surface area contributed by atoms with Gasteiger partial charge in [-0.1, -0.05) is 53.5 Å².